The first kappa shape index (κ1) is 19.7. The summed E-state index contributed by atoms with van der Waals surface area (Å²) in [6.07, 6.45) is 4.29. The topological polar surface area (TPSA) is 45.2 Å². The molecule has 0 radical (unpaired) electrons. The molecule has 29 heavy (non-hydrogen) atoms. The van der Waals surface area contributed by atoms with Crippen molar-refractivity contribution in [3.63, 3.8) is 0 Å². The summed E-state index contributed by atoms with van der Waals surface area (Å²) >= 11 is 1.51. The second-order valence-corrected chi connectivity index (χ2v) is 8.27. The number of carbonyl (C=O) groups excluding carboxylic acids is 1. The molecule has 2 heterocycles. The first-order chi connectivity index (χ1) is 14.3. The van der Waals surface area contributed by atoms with Crippen LogP contribution in [-0.2, 0) is 13.1 Å². The van der Waals surface area contributed by atoms with Crippen LogP contribution in [0.3, 0.4) is 0 Å². The summed E-state index contributed by atoms with van der Waals surface area (Å²) in [5, 5.41) is 3.82. The van der Waals surface area contributed by atoms with Crippen molar-refractivity contribution in [2.24, 2.45) is 0 Å². The highest BCUT2D eigenvalue weighted by Gasteiger charge is 2.16. The molecule has 3 aromatic rings. The average molecular weight is 404 g/mol. The lowest BCUT2D eigenvalue weighted by atomic mass is 10.1. The number of nitrogens with one attached hydrogen (secondary N) is 1. The van der Waals surface area contributed by atoms with Gasteiger partial charge < -0.3 is 5.32 Å². The molecule has 0 bridgehead atoms. The molecule has 1 N–H and O–H groups in total. The van der Waals surface area contributed by atoms with E-state index in [9.17, 15) is 4.79 Å². The van der Waals surface area contributed by atoms with Gasteiger partial charge in [0.1, 0.15) is 5.03 Å². The molecule has 1 fully saturated rings. The zero-order valence-electron chi connectivity index (χ0n) is 16.4. The fourth-order valence-corrected chi connectivity index (χ4v) is 4.48. The third-order valence-corrected chi connectivity index (χ3v) is 6.15. The molecule has 0 saturated carbocycles. The van der Waals surface area contributed by atoms with E-state index in [1.807, 2.05) is 48.5 Å². The number of pyridine rings is 1. The lowest BCUT2D eigenvalue weighted by Gasteiger charge is -2.18. The Bertz CT molecular complexity index is 955. The number of rotatable bonds is 7. The third-order valence-electron chi connectivity index (χ3n) is 5.12. The van der Waals surface area contributed by atoms with Crippen molar-refractivity contribution in [1.82, 2.24) is 15.2 Å². The minimum absolute atomic E-state index is 0.0903. The van der Waals surface area contributed by atoms with Crippen molar-refractivity contribution in [3.8, 4) is 0 Å². The molecule has 1 amide bonds. The number of hydrogen-bond acceptors (Lipinski definition) is 4. The van der Waals surface area contributed by atoms with Crippen molar-refractivity contribution in [3.05, 3.63) is 89.6 Å². The van der Waals surface area contributed by atoms with E-state index in [4.69, 9.17) is 0 Å². The Morgan fingerprint density at radius 1 is 0.931 bits per heavy atom. The minimum Gasteiger partial charge on any atom is -0.348 e. The molecule has 0 unspecified atom stereocenters. The maximum atomic E-state index is 12.9. The number of amides is 1. The van der Waals surface area contributed by atoms with Crippen LogP contribution < -0.4 is 5.32 Å². The molecule has 1 aliphatic heterocycles. The van der Waals surface area contributed by atoms with Crippen LogP contribution in [0.1, 0.15) is 34.3 Å². The van der Waals surface area contributed by atoms with E-state index in [0.29, 0.717) is 12.1 Å². The van der Waals surface area contributed by atoms with Gasteiger partial charge in [0.25, 0.3) is 5.91 Å². The van der Waals surface area contributed by atoms with Crippen molar-refractivity contribution < 1.29 is 4.79 Å². The SMILES string of the molecule is O=C(NCc1ccccc1CN1CCCC1)c1cccnc1Sc1ccccc1. The van der Waals surface area contributed by atoms with E-state index in [0.717, 1.165) is 29.6 Å². The van der Waals surface area contributed by atoms with Crippen LogP contribution >= 0.6 is 11.8 Å². The van der Waals surface area contributed by atoms with Gasteiger partial charge in [0, 0.05) is 24.2 Å². The van der Waals surface area contributed by atoms with Crippen LogP contribution in [0.5, 0.6) is 0 Å². The van der Waals surface area contributed by atoms with Crippen molar-refractivity contribution in [1.29, 1.82) is 0 Å². The fourth-order valence-electron chi connectivity index (χ4n) is 3.58. The van der Waals surface area contributed by atoms with Gasteiger partial charge in [0.2, 0.25) is 0 Å². The second-order valence-electron chi connectivity index (χ2n) is 7.21. The van der Waals surface area contributed by atoms with Gasteiger partial charge in [-0.3, -0.25) is 9.69 Å². The summed E-state index contributed by atoms with van der Waals surface area (Å²) in [5.41, 5.74) is 3.08. The van der Waals surface area contributed by atoms with E-state index in [2.05, 4.69) is 33.4 Å². The number of benzene rings is 2. The van der Waals surface area contributed by atoms with Crippen LogP contribution in [0.2, 0.25) is 0 Å². The molecule has 1 saturated heterocycles. The molecule has 2 aromatic carbocycles. The number of hydrogen-bond donors (Lipinski definition) is 1. The number of likely N-dealkylation sites (tertiary alicyclic amines) is 1. The Morgan fingerprint density at radius 2 is 1.66 bits per heavy atom. The van der Waals surface area contributed by atoms with Gasteiger partial charge in [-0.25, -0.2) is 4.98 Å². The highest BCUT2D eigenvalue weighted by molar-refractivity contribution is 7.99. The minimum atomic E-state index is -0.0903. The Hall–Kier alpha value is -2.63. The lowest BCUT2D eigenvalue weighted by Crippen LogP contribution is -2.25. The van der Waals surface area contributed by atoms with Crippen LogP contribution in [0.15, 0.2) is 82.8 Å². The van der Waals surface area contributed by atoms with Crippen molar-refractivity contribution in [2.45, 2.75) is 35.9 Å². The van der Waals surface area contributed by atoms with Crippen LogP contribution in [0, 0.1) is 0 Å². The molecule has 4 rings (SSSR count). The van der Waals surface area contributed by atoms with Gasteiger partial charge in [0.15, 0.2) is 0 Å². The van der Waals surface area contributed by atoms with E-state index in [-0.39, 0.29) is 5.91 Å². The smallest absolute Gasteiger partial charge is 0.254 e. The quantitative estimate of drug-likeness (QED) is 0.618. The van der Waals surface area contributed by atoms with Crippen LogP contribution in [0.25, 0.3) is 0 Å². The summed E-state index contributed by atoms with van der Waals surface area (Å²) in [4.78, 5) is 20.9. The molecule has 1 aliphatic rings. The van der Waals surface area contributed by atoms with Gasteiger partial charge in [-0.15, -0.1) is 0 Å². The van der Waals surface area contributed by atoms with Gasteiger partial charge in [-0.05, 0) is 61.3 Å². The predicted molar refractivity (Wildman–Crippen MR) is 117 cm³/mol. The molecule has 5 heteroatoms. The summed E-state index contributed by atoms with van der Waals surface area (Å²) in [5.74, 6) is -0.0903. The summed E-state index contributed by atoms with van der Waals surface area (Å²) in [6.45, 7) is 3.80. The van der Waals surface area contributed by atoms with E-state index >= 15 is 0 Å². The van der Waals surface area contributed by atoms with Crippen LogP contribution in [-0.4, -0.2) is 28.9 Å². The largest absolute Gasteiger partial charge is 0.348 e. The number of aromatic nitrogens is 1. The monoisotopic (exact) mass is 403 g/mol. The highest BCUT2D eigenvalue weighted by atomic mass is 32.2. The molecule has 0 atom stereocenters. The first-order valence-electron chi connectivity index (χ1n) is 10.0. The molecule has 1 aromatic heterocycles. The van der Waals surface area contributed by atoms with Gasteiger partial charge in [0.05, 0.1) is 5.56 Å². The molecule has 0 spiro atoms. The zero-order valence-corrected chi connectivity index (χ0v) is 17.2. The Labute approximate surface area is 176 Å². The highest BCUT2D eigenvalue weighted by Crippen LogP contribution is 2.28. The second kappa shape index (κ2) is 9.72. The molecule has 148 valence electrons. The third kappa shape index (κ3) is 5.25. The van der Waals surface area contributed by atoms with Crippen LogP contribution in [0.4, 0.5) is 0 Å². The van der Waals surface area contributed by atoms with Crippen molar-refractivity contribution >= 4 is 17.7 Å². The van der Waals surface area contributed by atoms with E-state index in [1.54, 1.807) is 6.20 Å². The summed E-state index contributed by atoms with van der Waals surface area (Å²) in [6, 6.07) is 22.0. The van der Waals surface area contributed by atoms with Gasteiger partial charge >= 0.3 is 0 Å². The maximum absolute atomic E-state index is 12.9. The summed E-state index contributed by atoms with van der Waals surface area (Å²) < 4.78 is 0. The Morgan fingerprint density at radius 3 is 2.45 bits per heavy atom. The summed E-state index contributed by atoms with van der Waals surface area (Å²) in [7, 11) is 0. The van der Waals surface area contributed by atoms with Crippen molar-refractivity contribution in [2.75, 3.05) is 13.1 Å². The standard InChI is InChI=1S/C24H25N3OS/c28-23(22-13-8-14-25-24(22)29-21-11-2-1-3-12-21)26-17-19-9-4-5-10-20(19)18-27-15-6-7-16-27/h1-5,8-14H,6-7,15-18H2,(H,26,28). The molecular formula is C24H25N3OS. The normalized spacial score (nSPS) is 14.1. The lowest BCUT2D eigenvalue weighted by molar-refractivity contribution is 0.0947. The van der Waals surface area contributed by atoms with E-state index < -0.39 is 0 Å². The van der Waals surface area contributed by atoms with E-state index in [1.165, 1.54) is 35.7 Å². The average Bonchev–Trinajstić information content (AvgIpc) is 3.27. The molecule has 4 nitrogen and oxygen atoms in total. The number of nitrogens with zero attached hydrogens (tertiary/aromatic N) is 2. The zero-order chi connectivity index (χ0) is 19.9. The van der Waals surface area contributed by atoms with Gasteiger partial charge in [-0.1, -0.05) is 54.2 Å². The molecular weight excluding hydrogens is 378 g/mol. The Kier molecular flexibility index (Phi) is 6.60. The predicted octanol–water partition coefficient (Wildman–Crippen LogP) is 4.76. The maximum Gasteiger partial charge on any atom is 0.254 e. The molecule has 0 aliphatic carbocycles. The van der Waals surface area contributed by atoms with Gasteiger partial charge in [-0.2, -0.15) is 0 Å². The fraction of sp³-hybridized carbons (Fsp3) is 0.250. The first-order valence-corrected chi connectivity index (χ1v) is 10.9. The number of carbonyl (C=O) groups is 1. The Balaban J connectivity index is 1.44.